The van der Waals surface area contributed by atoms with Crippen LogP contribution in [0.1, 0.15) is 42.6 Å². The van der Waals surface area contributed by atoms with Gasteiger partial charge in [-0.25, -0.2) is 18.7 Å². The number of ether oxygens (including phenoxy) is 2. The second kappa shape index (κ2) is 9.67. The van der Waals surface area contributed by atoms with Gasteiger partial charge in [0.25, 0.3) is 17.7 Å². The third-order valence-electron chi connectivity index (χ3n) is 4.31. The average molecular weight is 434 g/mol. The van der Waals surface area contributed by atoms with Gasteiger partial charge in [-0.2, -0.15) is 0 Å². The Balaban J connectivity index is 1.61. The van der Waals surface area contributed by atoms with Gasteiger partial charge in [0.15, 0.2) is 12.4 Å². The number of rotatable bonds is 10. The highest BCUT2D eigenvalue weighted by atomic mass is 19.3. The summed E-state index contributed by atoms with van der Waals surface area (Å²) in [6, 6.07) is 4.61. The second-order valence-corrected chi connectivity index (χ2v) is 7.31. The molecule has 0 radical (unpaired) electrons. The summed E-state index contributed by atoms with van der Waals surface area (Å²) in [6.45, 7) is 2.09. The Labute approximate surface area is 178 Å². The first-order valence-electron chi connectivity index (χ1n) is 9.92. The first-order valence-corrected chi connectivity index (χ1v) is 9.92. The van der Waals surface area contributed by atoms with E-state index in [0.717, 1.165) is 19.8 Å². The average Bonchev–Trinajstić information content (AvgIpc) is 3.56. The van der Waals surface area contributed by atoms with E-state index in [-0.39, 0.29) is 35.9 Å². The Hall–Kier alpha value is -3.30. The predicted octanol–water partition coefficient (Wildman–Crippen LogP) is 3.19. The molecular formula is C21H24F2N4O4. The van der Waals surface area contributed by atoms with Crippen molar-refractivity contribution in [3.8, 4) is 11.6 Å². The molecule has 0 aromatic carbocycles. The van der Waals surface area contributed by atoms with Gasteiger partial charge >= 0.3 is 0 Å². The molecule has 0 spiro atoms. The maximum absolute atomic E-state index is 13.0. The van der Waals surface area contributed by atoms with Gasteiger partial charge in [0.05, 0.1) is 6.61 Å². The van der Waals surface area contributed by atoms with E-state index in [1.165, 1.54) is 24.5 Å². The molecule has 0 aliphatic heterocycles. The molecule has 31 heavy (non-hydrogen) atoms. The van der Waals surface area contributed by atoms with Gasteiger partial charge in [0, 0.05) is 37.3 Å². The number of carbonyl (C=O) groups excluding carboxylic acids is 2. The van der Waals surface area contributed by atoms with Crippen molar-refractivity contribution in [1.29, 1.82) is 0 Å². The highest BCUT2D eigenvalue weighted by Crippen LogP contribution is 2.30. The smallest absolute Gasteiger partial charge is 0.278 e. The molecule has 1 aliphatic rings. The van der Waals surface area contributed by atoms with E-state index in [4.69, 9.17) is 9.47 Å². The minimum atomic E-state index is -3.00. The lowest BCUT2D eigenvalue weighted by Gasteiger charge is -2.15. The lowest BCUT2D eigenvalue weighted by molar-refractivity contribution is -0.117. The largest absolute Gasteiger partial charge is 0.488 e. The van der Waals surface area contributed by atoms with E-state index < -0.39 is 12.5 Å². The maximum Gasteiger partial charge on any atom is 0.278 e. The van der Waals surface area contributed by atoms with Crippen LogP contribution in [0.2, 0.25) is 0 Å². The SMILES string of the molecule is CCOc1cc(CNC(=O)c2ccnc(NC(=O)C3CC3)c2)cnc1OCC(C)(F)F. The van der Waals surface area contributed by atoms with Crippen molar-refractivity contribution in [2.24, 2.45) is 5.92 Å². The van der Waals surface area contributed by atoms with E-state index in [1.54, 1.807) is 13.0 Å². The van der Waals surface area contributed by atoms with Crippen molar-refractivity contribution >= 4 is 17.6 Å². The molecule has 0 saturated heterocycles. The fraction of sp³-hybridized carbons (Fsp3) is 0.429. The Bertz CT molecular complexity index is 945. The van der Waals surface area contributed by atoms with Crippen molar-refractivity contribution in [3.63, 3.8) is 0 Å². The van der Waals surface area contributed by atoms with Crippen LogP contribution in [0, 0.1) is 5.92 Å². The number of anilines is 1. The summed E-state index contributed by atoms with van der Waals surface area (Å²) in [5.41, 5.74) is 0.938. The van der Waals surface area contributed by atoms with Crippen LogP contribution in [0.3, 0.4) is 0 Å². The summed E-state index contributed by atoms with van der Waals surface area (Å²) < 4.78 is 36.6. The summed E-state index contributed by atoms with van der Waals surface area (Å²) in [6.07, 6.45) is 4.60. The number of carbonyl (C=O) groups is 2. The monoisotopic (exact) mass is 434 g/mol. The molecule has 1 fully saturated rings. The summed E-state index contributed by atoms with van der Waals surface area (Å²) in [5.74, 6) is -2.94. The third kappa shape index (κ3) is 6.87. The number of amides is 2. The summed E-state index contributed by atoms with van der Waals surface area (Å²) in [5, 5.41) is 5.44. The lowest BCUT2D eigenvalue weighted by atomic mass is 10.2. The van der Waals surface area contributed by atoms with Crippen LogP contribution in [0.15, 0.2) is 30.6 Å². The first kappa shape index (κ1) is 22.4. The molecule has 166 valence electrons. The topological polar surface area (TPSA) is 102 Å². The molecule has 10 heteroatoms. The molecule has 8 nitrogen and oxygen atoms in total. The van der Waals surface area contributed by atoms with Gasteiger partial charge in [-0.05, 0) is 43.5 Å². The molecule has 0 atom stereocenters. The van der Waals surface area contributed by atoms with Crippen LogP contribution in [-0.2, 0) is 11.3 Å². The maximum atomic E-state index is 13.0. The Morgan fingerprint density at radius 1 is 1.23 bits per heavy atom. The van der Waals surface area contributed by atoms with Crippen LogP contribution >= 0.6 is 0 Å². The number of nitrogens with one attached hydrogen (secondary N) is 2. The van der Waals surface area contributed by atoms with Gasteiger partial charge in [-0.15, -0.1) is 0 Å². The molecule has 2 aromatic heterocycles. The van der Waals surface area contributed by atoms with Crippen LogP contribution in [0.5, 0.6) is 11.6 Å². The second-order valence-electron chi connectivity index (χ2n) is 7.31. The zero-order chi connectivity index (χ0) is 22.4. The number of aromatic nitrogens is 2. The van der Waals surface area contributed by atoms with Gasteiger partial charge in [-0.3, -0.25) is 9.59 Å². The van der Waals surface area contributed by atoms with E-state index in [0.29, 0.717) is 23.6 Å². The number of nitrogens with zero attached hydrogens (tertiary/aromatic N) is 2. The quantitative estimate of drug-likeness (QED) is 0.596. The molecule has 3 rings (SSSR count). The van der Waals surface area contributed by atoms with Gasteiger partial charge < -0.3 is 20.1 Å². The Kier molecular flexibility index (Phi) is 6.98. The Morgan fingerprint density at radius 3 is 2.68 bits per heavy atom. The summed E-state index contributed by atoms with van der Waals surface area (Å²) in [4.78, 5) is 32.4. The molecule has 0 bridgehead atoms. The highest BCUT2D eigenvalue weighted by molar-refractivity contribution is 5.97. The van der Waals surface area contributed by atoms with Gasteiger partial charge in [0.1, 0.15) is 5.82 Å². The molecular weight excluding hydrogens is 410 g/mol. The van der Waals surface area contributed by atoms with Gasteiger partial charge in [0.2, 0.25) is 5.91 Å². The minimum Gasteiger partial charge on any atom is -0.488 e. The zero-order valence-corrected chi connectivity index (χ0v) is 17.3. The van der Waals surface area contributed by atoms with E-state index >= 15 is 0 Å². The molecule has 2 amide bonds. The third-order valence-corrected chi connectivity index (χ3v) is 4.31. The van der Waals surface area contributed by atoms with E-state index in [1.807, 2.05) is 0 Å². The highest BCUT2D eigenvalue weighted by Gasteiger charge is 2.30. The molecule has 2 N–H and O–H groups in total. The fourth-order valence-corrected chi connectivity index (χ4v) is 2.63. The predicted molar refractivity (Wildman–Crippen MR) is 108 cm³/mol. The standard InChI is InChI=1S/C21H24F2N4O4/c1-3-30-16-8-13(11-26-20(16)31-12-21(2,22)23)10-25-18(28)15-6-7-24-17(9-15)27-19(29)14-4-5-14/h6-9,11,14H,3-5,10,12H2,1-2H3,(H,25,28)(H,24,27,29). The number of pyridine rings is 2. The van der Waals surface area contributed by atoms with Gasteiger partial charge in [-0.1, -0.05) is 0 Å². The van der Waals surface area contributed by atoms with Crippen molar-refractivity contribution in [2.75, 3.05) is 18.5 Å². The molecule has 0 unspecified atom stereocenters. The molecule has 2 aromatic rings. The summed E-state index contributed by atoms with van der Waals surface area (Å²) >= 11 is 0. The lowest BCUT2D eigenvalue weighted by Crippen LogP contribution is -2.24. The van der Waals surface area contributed by atoms with Crippen molar-refractivity contribution in [2.45, 2.75) is 39.2 Å². The van der Waals surface area contributed by atoms with Crippen molar-refractivity contribution < 1.29 is 27.8 Å². The normalized spacial score (nSPS) is 13.4. The first-order chi connectivity index (χ1) is 14.7. The minimum absolute atomic E-state index is 0.0295. The molecule has 1 saturated carbocycles. The number of hydrogen-bond acceptors (Lipinski definition) is 6. The number of alkyl halides is 2. The van der Waals surface area contributed by atoms with Crippen LogP contribution in [-0.4, -0.2) is 40.9 Å². The van der Waals surface area contributed by atoms with Crippen LogP contribution in [0.25, 0.3) is 0 Å². The Morgan fingerprint density at radius 2 is 2.00 bits per heavy atom. The van der Waals surface area contributed by atoms with Crippen molar-refractivity contribution in [1.82, 2.24) is 15.3 Å². The van der Waals surface area contributed by atoms with Crippen LogP contribution in [0.4, 0.5) is 14.6 Å². The summed E-state index contributed by atoms with van der Waals surface area (Å²) in [7, 11) is 0. The van der Waals surface area contributed by atoms with Crippen molar-refractivity contribution in [3.05, 3.63) is 41.7 Å². The fourth-order valence-electron chi connectivity index (χ4n) is 2.63. The number of hydrogen-bond donors (Lipinski definition) is 2. The number of halogens is 2. The van der Waals surface area contributed by atoms with E-state index in [2.05, 4.69) is 20.6 Å². The van der Waals surface area contributed by atoms with Crippen LogP contribution < -0.4 is 20.1 Å². The molecule has 1 aliphatic carbocycles. The zero-order valence-electron chi connectivity index (χ0n) is 17.3. The molecule has 2 heterocycles. The van der Waals surface area contributed by atoms with E-state index in [9.17, 15) is 18.4 Å².